The zero-order chi connectivity index (χ0) is 14.2. The van der Waals surface area contributed by atoms with E-state index in [1.165, 1.54) is 12.8 Å². The number of carbonyl (C=O) groups excluding carboxylic acids is 1. The Hall–Kier alpha value is -1.31. The van der Waals surface area contributed by atoms with Crippen molar-refractivity contribution in [3.8, 4) is 0 Å². The molecule has 0 saturated heterocycles. The van der Waals surface area contributed by atoms with Gasteiger partial charge in [-0.05, 0) is 52.4 Å². The first kappa shape index (κ1) is 17.7. The van der Waals surface area contributed by atoms with Crippen molar-refractivity contribution in [3.05, 3.63) is 36.5 Å². The molecule has 0 N–H and O–H groups in total. The number of carbonyl (C=O) groups is 1. The van der Waals surface area contributed by atoms with Crippen LogP contribution in [0.1, 0.15) is 58.8 Å². The predicted molar refractivity (Wildman–Crippen MR) is 82.0 cm³/mol. The predicted octanol–water partition coefficient (Wildman–Crippen LogP) is 4.97. The third-order valence-corrected chi connectivity index (χ3v) is 2.73. The van der Waals surface area contributed by atoms with Crippen LogP contribution < -0.4 is 0 Å². The average molecular weight is 264 g/mol. The molecule has 0 atom stereocenters. The highest BCUT2D eigenvalue weighted by Crippen LogP contribution is 2.04. The quantitative estimate of drug-likeness (QED) is 0.228. The molecule has 0 aliphatic heterocycles. The minimum absolute atomic E-state index is 0.214. The normalized spacial score (nSPS) is 11.9. The number of allylic oxidation sites excluding steroid dienone is 5. The van der Waals surface area contributed by atoms with Gasteiger partial charge >= 0.3 is 5.97 Å². The molecule has 0 aliphatic carbocycles. The topological polar surface area (TPSA) is 26.3 Å². The van der Waals surface area contributed by atoms with Crippen LogP contribution >= 0.6 is 0 Å². The van der Waals surface area contributed by atoms with Crippen LogP contribution in [0.25, 0.3) is 0 Å². The Morgan fingerprint density at radius 1 is 0.842 bits per heavy atom. The van der Waals surface area contributed by atoms with Crippen LogP contribution in [0.4, 0.5) is 0 Å². The van der Waals surface area contributed by atoms with Gasteiger partial charge in [-0.2, -0.15) is 0 Å². The van der Waals surface area contributed by atoms with Crippen molar-refractivity contribution in [2.45, 2.75) is 58.8 Å². The number of unbranched alkanes of at least 4 members (excludes halogenated alkanes) is 5. The minimum Gasteiger partial charge on any atom is -0.463 e. The lowest BCUT2D eigenvalue weighted by Gasteiger charge is -1.99. The minimum atomic E-state index is -0.214. The van der Waals surface area contributed by atoms with Gasteiger partial charge < -0.3 is 4.74 Å². The molecule has 0 saturated carbocycles. The van der Waals surface area contributed by atoms with Gasteiger partial charge in [0.2, 0.25) is 0 Å². The number of rotatable bonds is 11. The Bertz CT molecular complexity index is 288. The maximum absolute atomic E-state index is 11.3. The SMILES string of the molecule is CC=CCCCCC/C=C/C(=O)OCCC/C=C/C. The molecule has 108 valence electrons. The first-order valence-electron chi connectivity index (χ1n) is 7.37. The molecule has 0 heterocycles. The van der Waals surface area contributed by atoms with Gasteiger partial charge in [0.1, 0.15) is 0 Å². The van der Waals surface area contributed by atoms with Gasteiger partial charge in [-0.25, -0.2) is 4.79 Å². The largest absolute Gasteiger partial charge is 0.463 e. The molecular formula is C17H28O2. The lowest BCUT2D eigenvalue weighted by atomic mass is 10.1. The summed E-state index contributed by atoms with van der Waals surface area (Å²) in [4.78, 5) is 11.3. The molecule has 0 aromatic heterocycles. The van der Waals surface area contributed by atoms with Gasteiger partial charge in [0.15, 0.2) is 0 Å². The van der Waals surface area contributed by atoms with Crippen molar-refractivity contribution in [2.75, 3.05) is 6.61 Å². The van der Waals surface area contributed by atoms with Crippen LogP contribution in [0.15, 0.2) is 36.5 Å². The van der Waals surface area contributed by atoms with Crippen molar-refractivity contribution >= 4 is 5.97 Å². The molecule has 0 aliphatic rings. The smallest absolute Gasteiger partial charge is 0.330 e. The van der Waals surface area contributed by atoms with E-state index in [1.807, 2.05) is 26.0 Å². The van der Waals surface area contributed by atoms with E-state index in [-0.39, 0.29) is 5.97 Å². The fraction of sp³-hybridized carbons (Fsp3) is 0.588. The van der Waals surface area contributed by atoms with Gasteiger partial charge in [-0.15, -0.1) is 0 Å². The van der Waals surface area contributed by atoms with Gasteiger partial charge in [-0.3, -0.25) is 0 Å². The number of hydrogen-bond donors (Lipinski definition) is 0. The van der Waals surface area contributed by atoms with Crippen LogP contribution in [0, 0.1) is 0 Å². The highest BCUT2D eigenvalue weighted by Gasteiger charge is 1.95. The summed E-state index contributed by atoms with van der Waals surface area (Å²) < 4.78 is 5.08. The summed E-state index contributed by atoms with van der Waals surface area (Å²) in [6.07, 6.45) is 19.4. The van der Waals surface area contributed by atoms with Crippen molar-refractivity contribution < 1.29 is 9.53 Å². The van der Waals surface area contributed by atoms with E-state index in [4.69, 9.17) is 4.74 Å². The van der Waals surface area contributed by atoms with Crippen molar-refractivity contribution in [3.63, 3.8) is 0 Å². The van der Waals surface area contributed by atoms with E-state index in [0.29, 0.717) is 6.61 Å². The lowest BCUT2D eigenvalue weighted by Crippen LogP contribution is -2.01. The molecule has 0 aromatic rings. The Labute approximate surface area is 118 Å². The van der Waals surface area contributed by atoms with Crippen LogP contribution in [0.2, 0.25) is 0 Å². The molecule has 0 amide bonds. The molecule has 0 spiro atoms. The molecule has 0 fully saturated rings. The third-order valence-electron chi connectivity index (χ3n) is 2.73. The van der Waals surface area contributed by atoms with Crippen LogP contribution in [0.3, 0.4) is 0 Å². The average Bonchev–Trinajstić information content (AvgIpc) is 2.41. The summed E-state index contributed by atoms with van der Waals surface area (Å²) in [6.45, 7) is 4.55. The van der Waals surface area contributed by atoms with Gasteiger partial charge in [0.25, 0.3) is 0 Å². The lowest BCUT2D eigenvalue weighted by molar-refractivity contribution is -0.137. The summed E-state index contributed by atoms with van der Waals surface area (Å²) in [6, 6.07) is 0. The molecule has 2 nitrogen and oxygen atoms in total. The fourth-order valence-electron chi connectivity index (χ4n) is 1.64. The highest BCUT2D eigenvalue weighted by atomic mass is 16.5. The maximum Gasteiger partial charge on any atom is 0.330 e. The first-order valence-corrected chi connectivity index (χ1v) is 7.37. The van der Waals surface area contributed by atoms with Crippen LogP contribution in [-0.4, -0.2) is 12.6 Å². The zero-order valence-corrected chi connectivity index (χ0v) is 12.4. The Kier molecular flexibility index (Phi) is 13.7. The van der Waals surface area contributed by atoms with Gasteiger partial charge in [0, 0.05) is 6.08 Å². The molecule has 2 heteroatoms. The van der Waals surface area contributed by atoms with E-state index in [0.717, 1.165) is 32.1 Å². The summed E-state index contributed by atoms with van der Waals surface area (Å²) in [5.41, 5.74) is 0. The van der Waals surface area contributed by atoms with Crippen molar-refractivity contribution in [1.29, 1.82) is 0 Å². The van der Waals surface area contributed by atoms with Gasteiger partial charge in [-0.1, -0.05) is 36.8 Å². The van der Waals surface area contributed by atoms with Gasteiger partial charge in [0.05, 0.1) is 6.61 Å². The maximum atomic E-state index is 11.3. The molecule has 0 aromatic carbocycles. The highest BCUT2D eigenvalue weighted by molar-refractivity contribution is 5.81. The molecular weight excluding hydrogens is 236 g/mol. The van der Waals surface area contributed by atoms with E-state index < -0.39 is 0 Å². The Morgan fingerprint density at radius 3 is 2.05 bits per heavy atom. The third kappa shape index (κ3) is 14.6. The molecule has 0 radical (unpaired) electrons. The fourth-order valence-corrected chi connectivity index (χ4v) is 1.64. The number of ether oxygens (including phenoxy) is 1. The summed E-state index contributed by atoms with van der Waals surface area (Å²) in [7, 11) is 0. The molecule has 0 bridgehead atoms. The van der Waals surface area contributed by atoms with Crippen LogP contribution in [0.5, 0.6) is 0 Å². The Balaban J connectivity index is 3.36. The Morgan fingerprint density at radius 2 is 1.42 bits per heavy atom. The van der Waals surface area contributed by atoms with E-state index in [2.05, 4.69) is 18.2 Å². The second kappa shape index (κ2) is 14.7. The van der Waals surface area contributed by atoms with E-state index in [9.17, 15) is 4.79 Å². The van der Waals surface area contributed by atoms with Crippen molar-refractivity contribution in [2.24, 2.45) is 0 Å². The molecule has 19 heavy (non-hydrogen) atoms. The van der Waals surface area contributed by atoms with Crippen molar-refractivity contribution in [1.82, 2.24) is 0 Å². The van der Waals surface area contributed by atoms with E-state index >= 15 is 0 Å². The van der Waals surface area contributed by atoms with Crippen LogP contribution in [-0.2, 0) is 9.53 Å². The monoisotopic (exact) mass is 264 g/mol. The number of hydrogen-bond acceptors (Lipinski definition) is 2. The summed E-state index contributed by atoms with van der Waals surface area (Å²) in [5.74, 6) is -0.214. The second-order valence-corrected chi connectivity index (χ2v) is 4.49. The zero-order valence-electron chi connectivity index (χ0n) is 12.4. The van der Waals surface area contributed by atoms with E-state index in [1.54, 1.807) is 6.08 Å². The summed E-state index contributed by atoms with van der Waals surface area (Å²) in [5, 5.41) is 0. The molecule has 0 unspecified atom stereocenters. The summed E-state index contributed by atoms with van der Waals surface area (Å²) >= 11 is 0. The number of esters is 1. The molecule has 0 rings (SSSR count). The standard InChI is InChI=1S/C17H28O2/c1-3-5-7-9-10-11-12-13-15-17(18)19-16-14-8-6-4-2/h3-6,13,15H,7-12,14,16H2,1-2H3/b5-3?,6-4+,15-13+. The first-order chi connectivity index (χ1) is 9.31. The second-order valence-electron chi connectivity index (χ2n) is 4.49.